The van der Waals surface area contributed by atoms with Crippen LogP contribution in [-0.2, 0) is 0 Å². The standard InChI is InChI=1S/C21H27N5O2/c1-28-18-6-4-15(5-7-18)21(27)23-17-8-11-26(12-9-17)20-13-19(24-25-20)16-3-2-10-22-14-16/h2-7,10,14,17,19-20,24-25H,8-9,11-13H2,1H3,(H,23,27). The van der Waals surface area contributed by atoms with Gasteiger partial charge in [0.1, 0.15) is 5.75 Å². The molecule has 2 saturated heterocycles. The van der Waals surface area contributed by atoms with Gasteiger partial charge in [0.05, 0.1) is 19.3 Å². The summed E-state index contributed by atoms with van der Waals surface area (Å²) in [6, 6.07) is 11.8. The molecular weight excluding hydrogens is 354 g/mol. The number of nitrogens with one attached hydrogen (secondary N) is 3. The molecule has 2 aliphatic rings. The summed E-state index contributed by atoms with van der Waals surface area (Å²) in [5.41, 5.74) is 8.68. The zero-order chi connectivity index (χ0) is 19.3. The monoisotopic (exact) mass is 381 g/mol. The van der Waals surface area contributed by atoms with Crippen molar-refractivity contribution in [2.45, 2.75) is 37.5 Å². The number of hydrogen-bond acceptors (Lipinski definition) is 6. The smallest absolute Gasteiger partial charge is 0.251 e. The van der Waals surface area contributed by atoms with E-state index in [1.807, 2.05) is 24.4 Å². The van der Waals surface area contributed by atoms with Crippen molar-refractivity contribution in [1.29, 1.82) is 0 Å². The number of methoxy groups -OCH3 is 1. The van der Waals surface area contributed by atoms with Crippen LogP contribution in [0.3, 0.4) is 0 Å². The summed E-state index contributed by atoms with van der Waals surface area (Å²) in [6.07, 6.45) is 6.95. The maximum atomic E-state index is 12.5. The van der Waals surface area contributed by atoms with Gasteiger partial charge in [-0.25, -0.2) is 10.9 Å². The Kier molecular flexibility index (Phi) is 5.85. The van der Waals surface area contributed by atoms with Crippen LogP contribution in [-0.4, -0.2) is 48.2 Å². The Bertz CT molecular complexity index is 775. The van der Waals surface area contributed by atoms with E-state index in [2.05, 4.69) is 32.1 Å². The van der Waals surface area contributed by atoms with Crippen LogP contribution in [0.4, 0.5) is 0 Å². The fourth-order valence-corrected chi connectivity index (χ4v) is 3.95. The molecule has 4 rings (SSSR count). The highest BCUT2D eigenvalue weighted by Gasteiger charge is 2.32. The first kappa shape index (κ1) is 18.9. The number of hydrogen-bond donors (Lipinski definition) is 3. The third-order valence-electron chi connectivity index (χ3n) is 5.63. The van der Waals surface area contributed by atoms with Gasteiger partial charge in [-0.3, -0.25) is 14.7 Å². The Morgan fingerprint density at radius 2 is 1.96 bits per heavy atom. The minimum Gasteiger partial charge on any atom is -0.497 e. The summed E-state index contributed by atoms with van der Waals surface area (Å²) in [6.45, 7) is 1.93. The number of ether oxygens (including phenoxy) is 1. The van der Waals surface area contributed by atoms with Gasteiger partial charge in [-0.2, -0.15) is 0 Å². The van der Waals surface area contributed by atoms with Crippen molar-refractivity contribution in [3.05, 3.63) is 59.9 Å². The zero-order valence-corrected chi connectivity index (χ0v) is 16.1. The predicted molar refractivity (Wildman–Crippen MR) is 107 cm³/mol. The Morgan fingerprint density at radius 3 is 2.64 bits per heavy atom. The van der Waals surface area contributed by atoms with Crippen molar-refractivity contribution in [2.24, 2.45) is 0 Å². The van der Waals surface area contributed by atoms with E-state index in [-0.39, 0.29) is 18.0 Å². The van der Waals surface area contributed by atoms with Gasteiger partial charge >= 0.3 is 0 Å². The number of pyridine rings is 1. The van der Waals surface area contributed by atoms with Crippen LogP contribution in [0.5, 0.6) is 5.75 Å². The Labute approximate surface area is 165 Å². The quantitative estimate of drug-likeness (QED) is 0.734. The van der Waals surface area contributed by atoms with Crippen LogP contribution in [0.25, 0.3) is 0 Å². The topological polar surface area (TPSA) is 78.5 Å². The zero-order valence-electron chi connectivity index (χ0n) is 16.1. The second kappa shape index (κ2) is 8.68. The lowest BCUT2D eigenvalue weighted by Crippen LogP contribution is -2.51. The van der Waals surface area contributed by atoms with Gasteiger partial charge in [0, 0.05) is 37.1 Å². The number of benzene rings is 1. The number of likely N-dealkylation sites (tertiary alicyclic amines) is 1. The van der Waals surface area contributed by atoms with Crippen LogP contribution in [0.1, 0.15) is 41.2 Å². The minimum atomic E-state index is -0.0154. The molecule has 7 nitrogen and oxygen atoms in total. The highest BCUT2D eigenvalue weighted by Crippen LogP contribution is 2.25. The summed E-state index contributed by atoms with van der Waals surface area (Å²) < 4.78 is 5.14. The second-order valence-electron chi connectivity index (χ2n) is 7.39. The molecule has 2 aliphatic heterocycles. The normalized spacial score (nSPS) is 23.5. The molecule has 3 N–H and O–H groups in total. The van der Waals surface area contributed by atoms with E-state index >= 15 is 0 Å². The maximum Gasteiger partial charge on any atom is 0.251 e. The van der Waals surface area contributed by atoms with E-state index in [1.54, 1.807) is 25.4 Å². The highest BCUT2D eigenvalue weighted by atomic mass is 16.5. The van der Waals surface area contributed by atoms with E-state index in [0.29, 0.717) is 11.7 Å². The largest absolute Gasteiger partial charge is 0.497 e. The molecule has 1 aromatic carbocycles. The third kappa shape index (κ3) is 4.32. The van der Waals surface area contributed by atoms with Gasteiger partial charge in [-0.1, -0.05) is 6.07 Å². The second-order valence-corrected chi connectivity index (χ2v) is 7.39. The van der Waals surface area contributed by atoms with Crippen LogP contribution in [0, 0.1) is 0 Å². The average Bonchev–Trinajstić information content (AvgIpc) is 3.25. The predicted octanol–water partition coefficient (Wildman–Crippen LogP) is 1.85. The Balaban J connectivity index is 1.25. The van der Waals surface area contributed by atoms with Gasteiger partial charge in [-0.05, 0) is 55.2 Å². The summed E-state index contributed by atoms with van der Waals surface area (Å²) in [7, 11) is 1.62. The SMILES string of the molecule is COc1ccc(C(=O)NC2CCN(C3CC(c4cccnc4)NN3)CC2)cc1. The van der Waals surface area contributed by atoms with Crippen molar-refractivity contribution >= 4 is 5.91 Å². The maximum absolute atomic E-state index is 12.5. The summed E-state index contributed by atoms with van der Waals surface area (Å²) in [4.78, 5) is 19.1. The first-order chi connectivity index (χ1) is 13.7. The number of carbonyl (C=O) groups is 1. The van der Waals surface area contributed by atoms with Gasteiger partial charge in [0.25, 0.3) is 5.91 Å². The molecule has 0 bridgehead atoms. The molecule has 1 aromatic heterocycles. The number of piperidine rings is 1. The molecule has 148 valence electrons. The number of nitrogens with zero attached hydrogens (tertiary/aromatic N) is 2. The van der Waals surface area contributed by atoms with Crippen molar-refractivity contribution in [2.75, 3.05) is 20.2 Å². The summed E-state index contributed by atoms with van der Waals surface area (Å²) in [5.74, 6) is 0.741. The van der Waals surface area contributed by atoms with E-state index in [4.69, 9.17) is 4.74 Å². The molecule has 28 heavy (non-hydrogen) atoms. The Morgan fingerprint density at radius 1 is 1.18 bits per heavy atom. The lowest BCUT2D eigenvalue weighted by molar-refractivity contribution is 0.0880. The van der Waals surface area contributed by atoms with Gasteiger partial charge in [0.15, 0.2) is 0 Å². The Hall–Kier alpha value is -2.48. The molecule has 0 saturated carbocycles. The summed E-state index contributed by atoms with van der Waals surface area (Å²) in [5, 5.41) is 3.17. The molecule has 0 aliphatic carbocycles. The summed E-state index contributed by atoms with van der Waals surface area (Å²) >= 11 is 0. The van der Waals surface area contributed by atoms with Gasteiger partial charge in [0.2, 0.25) is 0 Å². The molecule has 7 heteroatoms. The number of hydrazine groups is 1. The first-order valence-corrected chi connectivity index (χ1v) is 9.83. The van der Waals surface area contributed by atoms with Crippen LogP contribution in [0.2, 0.25) is 0 Å². The highest BCUT2D eigenvalue weighted by molar-refractivity contribution is 5.94. The molecule has 3 heterocycles. The molecule has 1 amide bonds. The van der Waals surface area contributed by atoms with Crippen molar-refractivity contribution in [1.82, 2.24) is 26.1 Å². The lowest BCUT2D eigenvalue weighted by Gasteiger charge is -2.35. The molecule has 2 atom stereocenters. The number of amides is 1. The van der Waals surface area contributed by atoms with E-state index in [0.717, 1.165) is 38.1 Å². The van der Waals surface area contributed by atoms with Gasteiger partial charge < -0.3 is 10.1 Å². The third-order valence-corrected chi connectivity index (χ3v) is 5.63. The first-order valence-electron chi connectivity index (χ1n) is 9.83. The number of carbonyl (C=O) groups excluding carboxylic acids is 1. The lowest BCUT2D eigenvalue weighted by atomic mass is 10.0. The minimum absolute atomic E-state index is 0.0154. The van der Waals surface area contributed by atoms with Crippen molar-refractivity contribution in [3.63, 3.8) is 0 Å². The van der Waals surface area contributed by atoms with E-state index in [1.165, 1.54) is 5.56 Å². The van der Waals surface area contributed by atoms with Crippen molar-refractivity contribution in [3.8, 4) is 5.75 Å². The molecule has 2 fully saturated rings. The van der Waals surface area contributed by atoms with Crippen LogP contribution in [0.15, 0.2) is 48.8 Å². The fraction of sp³-hybridized carbons (Fsp3) is 0.429. The fourth-order valence-electron chi connectivity index (χ4n) is 3.95. The van der Waals surface area contributed by atoms with Gasteiger partial charge in [-0.15, -0.1) is 0 Å². The molecular formula is C21H27N5O2. The number of aromatic nitrogens is 1. The average molecular weight is 381 g/mol. The van der Waals surface area contributed by atoms with E-state index in [9.17, 15) is 4.79 Å². The molecule has 2 aromatic rings. The molecule has 0 spiro atoms. The molecule has 0 radical (unpaired) electrons. The van der Waals surface area contributed by atoms with Crippen LogP contribution >= 0.6 is 0 Å². The van der Waals surface area contributed by atoms with Crippen LogP contribution < -0.4 is 20.9 Å². The van der Waals surface area contributed by atoms with Crippen molar-refractivity contribution < 1.29 is 9.53 Å². The molecule has 2 unspecified atom stereocenters. The van der Waals surface area contributed by atoms with E-state index < -0.39 is 0 Å². The number of rotatable bonds is 5.